The lowest BCUT2D eigenvalue weighted by Crippen LogP contribution is -2.29. The number of anilines is 3. The average Bonchev–Trinajstić information content (AvgIpc) is 3.85. The molecule has 10 aromatic carbocycles. The quantitative estimate of drug-likeness (QED) is 0.148. The minimum absolute atomic E-state index is 0.611. The summed E-state index contributed by atoms with van der Waals surface area (Å²) in [5.74, 6) is 0. The van der Waals surface area contributed by atoms with Gasteiger partial charge in [0, 0.05) is 33.5 Å². The second-order valence-electron chi connectivity index (χ2n) is 17.5. The zero-order valence-electron chi connectivity index (χ0n) is 36.5. The van der Waals surface area contributed by atoms with Gasteiger partial charge in [-0.15, -0.1) is 0 Å². The molecule has 1 heterocycles. The monoisotopic (exact) mass is 830 g/mol. The van der Waals surface area contributed by atoms with Crippen LogP contribution < -0.4 is 4.90 Å². The Kier molecular flexibility index (Phi) is 9.21. The zero-order chi connectivity index (χ0) is 43.5. The zero-order valence-corrected chi connectivity index (χ0v) is 36.5. The summed E-state index contributed by atoms with van der Waals surface area (Å²) in [7, 11) is 0. The average molecular weight is 831 g/mol. The predicted molar refractivity (Wildman–Crippen MR) is 273 cm³/mol. The van der Waals surface area contributed by atoms with Gasteiger partial charge in [0.05, 0.1) is 16.4 Å². The molecule has 0 aliphatic heterocycles. The van der Waals surface area contributed by atoms with Crippen molar-refractivity contribution in [2.24, 2.45) is 0 Å². The van der Waals surface area contributed by atoms with E-state index in [1.165, 1.54) is 88.6 Å². The summed E-state index contributed by atoms with van der Waals surface area (Å²) in [6.45, 7) is 4.34. The number of aryl methyl sites for hydroxylation is 2. The van der Waals surface area contributed by atoms with E-state index in [1.54, 1.807) is 0 Å². The van der Waals surface area contributed by atoms with Crippen LogP contribution in [0.3, 0.4) is 0 Å². The van der Waals surface area contributed by atoms with Crippen molar-refractivity contribution >= 4 is 38.9 Å². The summed E-state index contributed by atoms with van der Waals surface area (Å²) in [6.07, 6.45) is 0. The summed E-state index contributed by atoms with van der Waals surface area (Å²) >= 11 is 0. The Morgan fingerprint density at radius 2 is 0.831 bits per heavy atom. The lowest BCUT2D eigenvalue weighted by molar-refractivity contribution is 0.767. The maximum Gasteiger partial charge on any atom is 0.0715 e. The van der Waals surface area contributed by atoms with E-state index < -0.39 is 5.41 Å². The molecule has 1 aromatic heterocycles. The van der Waals surface area contributed by atoms with Gasteiger partial charge in [-0.1, -0.05) is 193 Å². The van der Waals surface area contributed by atoms with E-state index in [0.717, 1.165) is 22.7 Å². The van der Waals surface area contributed by atoms with Crippen LogP contribution in [0.4, 0.5) is 17.1 Å². The molecule has 0 spiro atoms. The van der Waals surface area contributed by atoms with Crippen LogP contribution in [0.5, 0.6) is 0 Å². The number of rotatable bonds is 8. The second kappa shape index (κ2) is 15.6. The molecule has 0 radical (unpaired) electrons. The van der Waals surface area contributed by atoms with Crippen molar-refractivity contribution in [2.75, 3.05) is 4.90 Å². The van der Waals surface area contributed by atoms with Gasteiger partial charge in [0.25, 0.3) is 0 Å². The summed E-state index contributed by atoms with van der Waals surface area (Å²) in [5.41, 5.74) is 21.1. The molecule has 0 saturated carbocycles. The SMILES string of the molecule is Cc1cc(C)cc(-c2ccc(-c3cccc(N(c4ccccc4)c4ccc5c(c4)C(c4ccccc4)(c4ccccc4)c4cc(-n6c7ccccc7c7ccccc76)ccc4-5)c3)cc2)c1. The largest absolute Gasteiger partial charge is 0.310 e. The fourth-order valence-corrected chi connectivity index (χ4v) is 10.8. The fourth-order valence-electron chi connectivity index (χ4n) is 10.8. The Hall–Kier alpha value is -8.20. The molecule has 2 nitrogen and oxygen atoms in total. The number of nitrogens with zero attached hydrogens (tertiary/aromatic N) is 2. The van der Waals surface area contributed by atoms with Gasteiger partial charge in [-0.05, 0) is 130 Å². The Morgan fingerprint density at radius 1 is 0.338 bits per heavy atom. The molecule has 11 aromatic rings. The van der Waals surface area contributed by atoms with Crippen LogP contribution in [0.25, 0.3) is 60.9 Å². The van der Waals surface area contributed by atoms with Crippen molar-refractivity contribution in [1.29, 1.82) is 0 Å². The number of aromatic nitrogens is 1. The van der Waals surface area contributed by atoms with Crippen molar-refractivity contribution in [3.8, 4) is 39.1 Å². The molecule has 0 saturated heterocycles. The molecule has 0 amide bonds. The molecular weight excluding hydrogens is 785 g/mol. The maximum atomic E-state index is 2.47. The maximum absolute atomic E-state index is 2.47. The molecule has 0 bridgehead atoms. The summed E-state index contributed by atoms with van der Waals surface area (Å²) in [5, 5.41) is 2.52. The van der Waals surface area contributed by atoms with Crippen LogP contribution in [-0.4, -0.2) is 4.57 Å². The van der Waals surface area contributed by atoms with Crippen molar-refractivity contribution in [1.82, 2.24) is 4.57 Å². The van der Waals surface area contributed by atoms with Crippen molar-refractivity contribution in [3.05, 3.63) is 276 Å². The first-order valence-electron chi connectivity index (χ1n) is 22.6. The van der Waals surface area contributed by atoms with Gasteiger partial charge in [0.1, 0.15) is 0 Å². The minimum atomic E-state index is -0.611. The molecule has 65 heavy (non-hydrogen) atoms. The summed E-state index contributed by atoms with van der Waals surface area (Å²) in [4.78, 5) is 2.42. The van der Waals surface area contributed by atoms with E-state index in [9.17, 15) is 0 Å². The molecule has 0 unspecified atom stereocenters. The predicted octanol–water partition coefficient (Wildman–Crippen LogP) is 16.6. The first-order valence-corrected chi connectivity index (χ1v) is 22.6. The van der Waals surface area contributed by atoms with Gasteiger partial charge < -0.3 is 9.47 Å². The topological polar surface area (TPSA) is 8.17 Å². The minimum Gasteiger partial charge on any atom is -0.310 e. The molecule has 12 rings (SSSR count). The number of para-hydroxylation sites is 3. The third-order valence-electron chi connectivity index (χ3n) is 13.5. The van der Waals surface area contributed by atoms with Crippen molar-refractivity contribution in [2.45, 2.75) is 19.3 Å². The van der Waals surface area contributed by atoms with Gasteiger partial charge >= 0.3 is 0 Å². The van der Waals surface area contributed by atoms with Crippen LogP contribution in [0.2, 0.25) is 0 Å². The van der Waals surface area contributed by atoms with Crippen molar-refractivity contribution in [3.63, 3.8) is 0 Å². The van der Waals surface area contributed by atoms with Gasteiger partial charge in [-0.3, -0.25) is 0 Å². The van der Waals surface area contributed by atoms with E-state index in [0.29, 0.717) is 0 Å². The normalized spacial score (nSPS) is 12.6. The molecule has 0 fully saturated rings. The number of hydrogen-bond acceptors (Lipinski definition) is 1. The van der Waals surface area contributed by atoms with E-state index in [4.69, 9.17) is 0 Å². The fraction of sp³-hybridized carbons (Fsp3) is 0.0476. The summed E-state index contributed by atoms with van der Waals surface area (Å²) in [6, 6.07) is 89.7. The standard InChI is InChI=1S/C63H46N2/c1-43-37-44(2)39-48(38-43)46-31-29-45(30-32-46)47-17-16-24-52(40-47)64(51-22-10-5-11-23-51)53-33-35-55-56-36-34-54(65-61-27-14-12-25-57(61)58-26-13-15-28-62(58)65)42-60(56)63(59(55)41-53,49-18-6-3-7-19-49)50-20-8-4-9-21-50/h3-42H,1-2H3. The van der Waals surface area contributed by atoms with Gasteiger partial charge in [-0.2, -0.15) is 0 Å². The number of hydrogen-bond donors (Lipinski definition) is 0. The van der Waals surface area contributed by atoms with E-state index in [-0.39, 0.29) is 0 Å². The third-order valence-corrected chi connectivity index (χ3v) is 13.5. The van der Waals surface area contributed by atoms with E-state index in [1.807, 2.05) is 0 Å². The highest BCUT2D eigenvalue weighted by Crippen LogP contribution is 2.58. The highest BCUT2D eigenvalue weighted by Gasteiger charge is 2.46. The second-order valence-corrected chi connectivity index (χ2v) is 17.5. The number of fused-ring (bicyclic) bond motifs is 6. The third kappa shape index (κ3) is 6.32. The molecule has 0 N–H and O–H groups in total. The Labute approximate surface area is 381 Å². The Morgan fingerprint density at radius 3 is 1.45 bits per heavy atom. The smallest absolute Gasteiger partial charge is 0.0715 e. The highest BCUT2D eigenvalue weighted by molar-refractivity contribution is 6.09. The van der Waals surface area contributed by atoms with Crippen molar-refractivity contribution < 1.29 is 0 Å². The van der Waals surface area contributed by atoms with Gasteiger partial charge in [0.15, 0.2) is 0 Å². The summed E-state index contributed by atoms with van der Waals surface area (Å²) < 4.78 is 2.45. The first kappa shape index (κ1) is 38.5. The number of benzene rings is 10. The van der Waals surface area contributed by atoms with Gasteiger partial charge in [0.2, 0.25) is 0 Å². The van der Waals surface area contributed by atoms with Crippen LogP contribution in [0.15, 0.2) is 243 Å². The van der Waals surface area contributed by atoms with Crippen LogP contribution >= 0.6 is 0 Å². The van der Waals surface area contributed by atoms with E-state index >= 15 is 0 Å². The van der Waals surface area contributed by atoms with E-state index in [2.05, 4.69) is 266 Å². The van der Waals surface area contributed by atoms with Crippen LogP contribution in [0.1, 0.15) is 33.4 Å². The van der Waals surface area contributed by atoms with Gasteiger partial charge in [-0.25, -0.2) is 0 Å². The lowest BCUT2D eigenvalue weighted by Gasteiger charge is -2.35. The van der Waals surface area contributed by atoms with Crippen LogP contribution in [0, 0.1) is 13.8 Å². The lowest BCUT2D eigenvalue weighted by atomic mass is 9.67. The Balaban J connectivity index is 1.05. The molecule has 1 aliphatic rings. The molecular formula is C63H46N2. The first-order chi connectivity index (χ1) is 32.0. The molecule has 0 atom stereocenters. The molecule has 1 aliphatic carbocycles. The van der Waals surface area contributed by atoms with Crippen LogP contribution in [-0.2, 0) is 5.41 Å². The highest BCUT2D eigenvalue weighted by atomic mass is 15.1. The Bertz CT molecular complexity index is 3430. The molecule has 308 valence electrons. The molecule has 2 heteroatoms.